The van der Waals surface area contributed by atoms with Crippen LogP contribution in [0.2, 0.25) is 0 Å². The zero-order valence-corrected chi connectivity index (χ0v) is 11.9. The van der Waals surface area contributed by atoms with Crippen LogP contribution >= 0.6 is 11.8 Å². The van der Waals surface area contributed by atoms with Crippen molar-refractivity contribution in [3.05, 3.63) is 6.33 Å². The minimum atomic E-state index is -0.123. The van der Waals surface area contributed by atoms with Crippen molar-refractivity contribution in [2.75, 3.05) is 12.4 Å². The van der Waals surface area contributed by atoms with Crippen LogP contribution in [-0.2, 0) is 7.05 Å². The fourth-order valence-corrected chi connectivity index (χ4v) is 2.79. The van der Waals surface area contributed by atoms with E-state index in [1.807, 2.05) is 7.05 Å². The number of aryl methyl sites for hydroxylation is 1. The molecule has 1 aromatic rings. The quantitative estimate of drug-likeness (QED) is 0.549. The molecule has 1 unspecified atom stereocenters. The van der Waals surface area contributed by atoms with Gasteiger partial charge in [0.2, 0.25) is 0 Å². The van der Waals surface area contributed by atoms with Crippen LogP contribution < -0.4 is 5.32 Å². The van der Waals surface area contributed by atoms with E-state index in [1.54, 1.807) is 22.8 Å². The number of hydrogen-bond donors (Lipinski definition) is 2. The van der Waals surface area contributed by atoms with Gasteiger partial charge in [0.1, 0.15) is 6.33 Å². The second kappa shape index (κ2) is 6.04. The number of nitrogens with one attached hydrogen (secondary N) is 1. The molecule has 0 radical (unpaired) electrons. The van der Waals surface area contributed by atoms with Gasteiger partial charge in [-0.2, -0.15) is 5.10 Å². The van der Waals surface area contributed by atoms with E-state index in [2.05, 4.69) is 22.3 Å². The van der Waals surface area contributed by atoms with Crippen LogP contribution in [0.1, 0.15) is 32.6 Å². The third kappa shape index (κ3) is 3.96. The molecule has 0 amide bonds. The van der Waals surface area contributed by atoms with Crippen LogP contribution in [0.4, 0.5) is 0 Å². The van der Waals surface area contributed by atoms with E-state index in [1.165, 1.54) is 12.8 Å². The molecule has 0 bridgehead atoms. The van der Waals surface area contributed by atoms with Crippen LogP contribution in [0.3, 0.4) is 0 Å². The van der Waals surface area contributed by atoms with E-state index in [0.717, 1.165) is 23.8 Å². The van der Waals surface area contributed by atoms with E-state index in [9.17, 15) is 5.11 Å². The third-order valence-corrected chi connectivity index (χ3v) is 4.37. The van der Waals surface area contributed by atoms with Gasteiger partial charge in [-0.05, 0) is 32.6 Å². The van der Waals surface area contributed by atoms with Gasteiger partial charge in [0, 0.05) is 24.4 Å². The maximum absolute atomic E-state index is 9.49. The van der Waals surface area contributed by atoms with Crippen molar-refractivity contribution >= 4 is 11.8 Å². The van der Waals surface area contributed by atoms with E-state index in [-0.39, 0.29) is 12.1 Å². The highest BCUT2D eigenvalue weighted by molar-refractivity contribution is 7.99. The molecule has 1 aromatic heterocycles. The molecule has 1 heterocycles. The number of aliphatic hydroxyl groups excluding tert-OH is 1. The Bertz CT molecular complexity index is 380. The summed E-state index contributed by atoms with van der Waals surface area (Å²) in [5, 5.41) is 18.0. The Labute approximate surface area is 112 Å². The maximum Gasteiger partial charge on any atom is 0.185 e. The summed E-state index contributed by atoms with van der Waals surface area (Å²) in [6.45, 7) is 2.32. The lowest BCUT2D eigenvalue weighted by atomic mass is 9.97. The molecule has 0 aromatic carbocycles. The highest BCUT2D eigenvalue weighted by Gasteiger charge is 2.31. The first-order chi connectivity index (χ1) is 8.63. The van der Waals surface area contributed by atoms with Crippen molar-refractivity contribution in [2.45, 2.75) is 49.3 Å². The van der Waals surface area contributed by atoms with E-state index in [0.29, 0.717) is 6.04 Å². The normalized spacial score (nSPS) is 18.8. The van der Waals surface area contributed by atoms with Gasteiger partial charge in [0.25, 0.3) is 0 Å². The first kappa shape index (κ1) is 13.8. The molecule has 6 heteroatoms. The van der Waals surface area contributed by atoms with Gasteiger partial charge in [-0.1, -0.05) is 11.8 Å². The Morgan fingerprint density at radius 1 is 1.61 bits per heavy atom. The summed E-state index contributed by atoms with van der Waals surface area (Å²) in [5.41, 5.74) is -0.123. The van der Waals surface area contributed by atoms with E-state index < -0.39 is 0 Å². The molecule has 5 nitrogen and oxygen atoms in total. The highest BCUT2D eigenvalue weighted by Crippen LogP contribution is 2.25. The lowest BCUT2D eigenvalue weighted by Crippen LogP contribution is -2.47. The van der Waals surface area contributed by atoms with Gasteiger partial charge in [0.05, 0.1) is 6.61 Å². The third-order valence-electron chi connectivity index (χ3n) is 3.25. The summed E-state index contributed by atoms with van der Waals surface area (Å²) in [7, 11) is 1.90. The Kier molecular flexibility index (Phi) is 4.64. The van der Waals surface area contributed by atoms with Crippen LogP contribution in [0, 0.1) is 0 Å². The predicted octanol–water partition coefficient (Wildman–Crippen LogP) is 1.19. The standard InChI is InChI=1S/C12H22N4OS/c1-12(8-17,15-10-4-5-10)6-3-7-18-11-13-9-14-16(11)2/h9-10,15,17H,3-8H2,1-2H3. The Morgan fingerprint density at radius 3 is 2.94 bits per heavy atom. The molecule has 1 aliphatic carbocycles. The average molecular weight is 270 g/mol. The Hall–Kier alpha value is -0.590. The zero-order chi connectivity index (χ0) is 13.0. The summed E-state index contributed by atoms with van der Waals surface area (Å²) in [6, 6.07) is 0.633. The van der Waals surface area contributed by atoms with Crippen molar-refractivity contribution in [3.8, 4) is 0 Å². The average Bonchev–Trinajstić information content (AvgIpc) is 3.07. The summed E-state index contributed by atoms with van der Waals surface area (Å²) in [4.78, 5) is 4.18. The van der Waals surface area contributed by atoms with Gasteiger partial charge >= 0.3 is 0 Å². The van der Waals surface area contributed by atoms with Gasteiger partial charge in [-0.3, -0.25) is 0 Å². The van der Waals surface area contributed by atoms with Crippen molar-refractivity contribution in [2.24, 2.45) is 7.05 Å². The van der Waals surface area contributed by atoms with Crippen molar-refractivity contribution in [1.82, 2.24) is 20.1 Å². The monoisotopic (exact) mass is 270 g/mol. The number of rotatable bonds is 8. The molecular weight excluding hydrogens is 248 g/mol. The fourth-order valence-electron chi connectivity index (χ4n) is 1.96. The second-order valence-electron chi connectivity index (χ2n) is 5.26. The SMILES string of the molecule is Cn1ncnc1SCCCC(C)(CO)NC1CC1. The minimum Gasteiger partial charge on any atom is -0.394 e. The molecule has 18 heavy (non-hydrogen) atoms. The van der Waals surface area contributed by atoms with E-state index >= 15 is 0 Å². The summed E-state index contributed by atoms with van der Waals surface area (Å²) in [5.74, 6) is 1.01. The molecule has 0 aliphatic heterocycles. The molecule has 0 spiro atoms. The van der Waals surface area contributed by atoms with Gasteiger partial charge in [-0.15, -0.1) is 0 Å². The molecule has 1 aliphatic rings. The van der Waals surface area contributed by atoms with Crippen molar-refractivity contribution < 1.29 is 5.11 Å². The molecule has 2 N–H and O–H groups in total. The van der Waals surface area contributed by atoms with Crippen molar-refractivity contribution in [1.29, 1.82) is 0 Å². The van der Waals surface area contributed by atoms with E-state index in [4.69, 9.17) is 0 Å². The van der Waals surface area contributed by atoms with Crippen molar-refractivity contribution in [3.63, 3.8) is 0 Å². The van der Waals surface area contributed by atoms with Gasteiger partial charge < -0.3 is 10.4 Å². The van der Waals surface area contributed by atoms with Crippen LogP contribution in [-0.4, -0.2) is 43.8 Å². The minimum absolute atomic E-state index is 0.123. The topological polar surface area (TPSA) is 63.0 Å². The second-order valence-corrected chi connectivity index (χ2v) is 6.32. The molecule has 0 saturated heterocycles. The van der Waals surface area contributed by atoms with Crippen LogP contribution in [0.25, 0.3) is 0 Å². The first-order valence-corrected chi connectivity index (χ1v) is 7.47. The lowest BCUT2D eigenvalue weighted by molar-refractivity contribution is 0.163. The van der Waals surface area contributed by atoms with Gasteiger partial charge in [0.15, 0.2) is 5.16 Å². The number of nitrogens with zero attached hydrogens (tertiary/aromatic N) is 3. The zero-order valence-electron chi connectivity index (χ0n) is 11.1. The largest absolute Gasteiger partial charge is 0.394 e. The molecular formula is C12H22N4OS. The Balaban J connectivity index is 1.68. The lowest BCUT2D eigenvalue weighted by Gasteiger charge is -2.29. The number of aliphatic hydroxyl groups is 1. The highest BCUT2D eigenvalue weighted by atomic mass is 32.2. The molecule has 1 fully saturated rings. The number of hydrogen-bond acceptors (Lipinski definition) is 5. The fraction of sp³-hybridized carbons (Fsp3) is 0.833. The first-order valence-electron chi connectivity index (χ1n) is 6.48. The summed E-state index contributed by atoms with van der Waals surface area (Å²) in [6.07, 6.45) is 6.14. The van der Waals surface area contributed by atoms with Gasteiger partial charge in [-0.25, -0.2) is 9.67 Å². The predicted molar refractivity (Wildman–Crippen MR) is 72.6 cm³/mol. The van der Waals surface area contributed by atoms with Crippen LogP contribution in [0.5, 0.6) is 0 Å². The smallest absolute Gasteiger partial charge is 0.185 e. The number of aromatic nitrogens is 3. The summed E-state index contributed by atoms with van der Waals surface area (Å²) >= 11 is 1.72. The van der Waals surface area contributed by atoms with Crippen LogP contribution in [0.15, 0.2) is 11.5 Å². The number of thioether (sulfide) groups is 1. The Morgan fingerprint density at radius 2 is 2.39 bits per heavy atom. The molecule has 1 saturated carbocycles. The molecule has 1 atom stereocenters. The molecule has 2 rings (SSSR count). The molecule has 102 valence electrons. The maximum atomic E-state index is 9.49. The summed E-state index contributed by atoms with van der Waals surface area (Å²) < 4.78 is 1.79.